The van der Waals surface area contributed by atoms with E-state index in [1.807, 2.05) is 0 Å². The Morgan fingerprint density at radius 1 is 1.42 bits per heavy atom. The van der Waals surface area contributed by atoms with Gasteiger partial charge in [-0.05, 0) is 40.5 Å². The molecule has 100 valence electrons. The van der Waals surface area contributed by atoms with Crippen LogP contribution in [0.15, 0.2) is 22.7 Å². The zero-order valence-electron chi connectivity index (χ0n) is 9.77. The zero-order chi connectivity index (χ0) is 14.0. The van der Waals surface area contributed by atoms with Gasteiger partial charge >= 0.3 is 0 Å². The van der Waals surface area contributed by atoms with Gasteiger partial charge in [-0.2, -0.15) is 0 Å². The molecule has 1 atom stereocenters. The SMILES string of the molecule is O=C1CCC(NC(=O)c2ccc(Br)c(O)c2)C(=O)N1. The number of aromatic hydroxyl groups is 1. The molecular formula is C12H11BrN2O4. The van der Waals surface area contributed by atoms with Crippen molar-refractivity contribution in [1.82, 2.24) is 10.6 Å². The fourth-order valence-electron chi connectivity index (χ4n) is 1.73. The Morgan fingerprint density at radius 2 is 2.16 bits per heavy atom. The first-order valence-electron chi connectivity index (χ1n) is 5.60. The zero-order valence-corrected chi connectivity index (χ0v) is 11.4. The van der Waals surface area contributed by atoms with Crippen molar-refractivity contribution < 1.29 is 19.5 Å². The number of phenols is 1. The third kappa shape index (κ3) is 3.11. The van der Waals surface area contributed by atoms with E-state index < -0.39 is 17.9 Å². The molecule has 1 unspecified atom stereocenters. The molecule has 6 nitrogen and oxygen atoms in total. The van der Waals surface area contributed by atoms with Crippen molar-refractivity contribution >= 4 is 33.7 Å². The van der Waals surface area contributed by atoms with E-state index in [1.165, 1.54) is 18.2 Å². The van der Waals surface area contributed by atoms with Crippen molar-refractivity contribution in [3.63, 3.8) is 0 Å². The number of halogens is 1. The standard InChI is InChI=1S/C12H11BrN2O4/c13-7-2-1-6(5-9(7)16)11(18)14-8-3-4-10(17)15-12(8)19/h1-2,5,8,16H,3-4H2,(H,14,18)(H,15,17,19). The molecule has 19 heavy (non-hydrogen) atoms. The maximum Gasteiger partial charge on any atom is 0.252 e. The Labute approximate surface area is 117 Å². The van der Waals surface area contributed by atoms with E-state index in [2.05, 4.69) is 26.6 Å². The van der Waals surface area contributed by atoms with Gasteiger partial charge in [-0.25, -0.2) is 0 Å². The molecule has 7 heteroatoms. The van der Waals surface area contributed by atoms with E-state index in [1.54, 1.807) is 0 Å². The molecule has 3 amide bonds. The van der Waals surface area contributed by atoms with Gasteiger partial charge in [0.05, 0.1) is 4.47 Å². The number of rotatable bonds is 2. The summed E-state index contributed by atoms with van der Waals surface area (Å²) in [5.41, 5.74) is 0.241. The molecule has 0 radical (unpaired) electrons. The van der Waals surface area contributed by atoms with E-state index in [0.29, 0.717) is 4.47 Å². The third-order valence-electron chi connectivity index (χ3n) is 2.75. The van der Waals surface area contributed by atoms with E-state index in [-0.39, 0.29) is 30.1 Å². The van der Waals surface area contributed by atoms with Gasteiger partial charge in [-0.1, -0.05) is 0 Å². The van der Waals surface area contributed by atoms with Crippen LogP contribution in [-0.2, 0) is 9.59 Å². The van der Waals surface area contributed by atoms with Gasteiger partial charge in [0.15, 0.2) is 0 Å². The second-order valence-corrected chi connectivity index (χ2v) is 5.00. The molecule has 1 aromatic carbocycles. The molecule has 1 saturated heterocycles. The van der Waals surface area contributed by atoms with E-state index in [0.717, 1.165) is 0 Å². The maximum absolute atomic E-state index is 11.9. The minimum Gasteiger partial charge on any atom is -0.507 e. The van der Waals surface area contributed by atoms with E-state index in [9.17, 15) is 19.5 Å². The summed E-state index contributed by atoms with van der Waals surface area (Å²) < 4.78 is 0.477. The minimum atomic E-state index is -0.726. The second kappa shape index (κ2) is 5.40. The number of hydrogen-bond acceptors (Lipinski definition) is 4. The van der Waals surface area contributed by atoms with Crippen molar-refractivity contribution in [2.24, 2.45) is 0 Å². The smallest absolute Gasteiger partial charge is 0.252 e. The van der Waals surface area contributed by atoms with Crippen LogP contribution in [0.1, 0.15) is 23.2 Å². The Hall–Kier alpha value is -1.89. The molecule has 1 fully saturated rings. The Morgan fingerprint density at radius 3 is 2.79 bits per heavy atom. The Kier molecular flexibility index (Phi) is 3.84. The van der Waals surface area contributed by atoms with E-state index in [4.69, 9.17) is 0 Å². The normalized spacial score (nSPS) is 18.9. The first-order valence-corrected chi connectivity index (χ1v) is 6.40. The van der Waals surface area contributed by atoms with Crippen LogP contribution in [0.2, 0.25) is 0 Å². The predicted molar refractivity (Wildman–Crippen MR) is 69.4 cm³/mol. The number of phenolic OH excluding ortho intramolecular Hbond substituents is 1. The van der Waals surface area contributed by atoms with Crippen LogP contribution in [0.5, 0.6) is 5.75 Å². The summed E-state index contributed by atoms with van der Waals surface area (Å²) in [5, 5.41) is 14.2. The maximum atomic E-state index is 11.9. The lowest BCUT2D eigenvalue weighted by molar-refractivity contribution is -0.134. The number of carbonyl (C=O) groups is 3. The highest BCUT2D eigenvalue weighted by Gasteiger charge is 2.28. The van der Waals surface area contributed by atoms with Crippen LogP contribution >= 0.6 is 15.9 Å². The van der Waals surface area contributed by atoms with Crippen LogP contribution in [0.25, 0.3) is 0 Å². The summed E-state index contributed by atoms with van der Waals surface area (Å²) in [5.74, 6) is -1.38. The van der Waals surface area contributed by atoms with Crippen LogP contribution in [0.3, 0.4) is 0 Å². The van der Waals surface area contributed by atoms with Gasteiger partial charge in [0, 0.05) is 12.0 Å². The number of nitrogens with one attached hydrogen (secondary N) is 2. The topological polar surface area (TPSA) is 95.5 Å². The van der Waals surface area contributed by atoms with Crippen LogP contribution in [0.4, 0.5) is 0 Å². The molecule has 1 heterocycles. The molecule has 1 aliphatic heterocycles. The molecular weight excluding hydrogens is 316 g/mol. The molecule has 2 rings (SSSR count). The monoisotopic (exact) mass is 326 g/mol. The highest BCUT2D eigenvalue weighted by molar-refractivity contribution is 9.10. The summed E-state index contributed by atoms with van der Waals surface area (Å²) in [4.78, 5) is 34.4. The van der Waals surface area contributed by atoms with Crippen LogP contribution < -0.4 is 10.6 Å². The molecule has 1 aliphatic rings. The van der Waals surface area contributed by atoms with Crippen molar-refractivity contribution in [3.05, 3.63) is 28.2 Å². The lowest BCUT2D eigenvalue weighted by atomic mass is 10.1. The quantitative estimate of drug-likeness (QED) is 0.697. The van der Waals surface area contributed by atoms with Gasteiger partial charge in [-0.15, -0.1) is 0 Å². The summed E-state index contributed by atoms with van der Waals surface area (Å²) >= 11 is 3.11. The summed E-state index contributed by atoms with van der Waals surface area (Å²) in [6, 6.07) is 3.63. The van der Waals surface area contributed by atoms with E-state index >= 15 is 0 Å². The largest absolute Gasteiger partial charge is 0.507 e. The molecule has 0 saturated carbocycles. The average molecular weight is 327 g/mol. The number of amides is 3. The molecule has 0 bridgehead atoms. The van der Waals surface area contributed by atoms with Crippen molar-refractivity contribution in [1.29, 1.82) is 0 Å². The highest BCUT2D eigenvalue weighted by atomic mass is 79.9. The fraction of sp³-hybridized carbons (Fsp3) is 0.250. The van der Waals surface area contributed by atoms with Gasteiger partial charge in [0.25, 0.3) is 5.91 Å². The van der Waals surface area contributed by atoms with Crippen molar-refractivity contribution in [2.45, 2.75) is 18.9 Å². The lowest BCUT2D eigenvalue weighted by Crippen LogP contribution is -2.52. The summed E-state index contributed by atoms with van der Waals surface area (Å²) in [7, 11) is 0. The third-order valence-corrected chi connectivity index (χ3v) is 3.42. The van der Waals surface area contributed by atoms with Gasteiger partial charge in [-0.3, -0.25) is 19.7 Å². The number of piperidine rings is 1. The number of hydrogen-bond donors (Lipinski definition) is 3. The van der Waals surface area contributed by atoms with Crippen LogP contribution in [-0.4, -0.2) is 28.9 Å². The lowest BCUT2D eigenvalue weighted by Gasteiger charge is -2.21. The minimum absolute atomic E-state index is 0.0593. The van der Waals surface area contributed by atoms with Crippen molar-refractivity contribution in [2.75, 3.05) is 0 Å². The predicted octanol–water partition coefficient (Wildman–Crippen LogP) is 0.690. The number of benzene rings is 1. The van der Waals surface area contributed by atoms with Crippen LogP contribution in [0, 0.1) is 0 Å². The average Bonchev–Trinajstić information content (AvgIpc) is 2.36. The number of imide groups is 1. The van der Waals surface area contributed by atoms with Gasteiger partial charge in [0.2, 0.25) is 11.8 Å². The fourth-order valence-corrected chi connectivity index (χ4v) is 1.97. The molecule has 1 aromatic rings. The Bertz CT molecular complexity index is 559. The molecule has 0 aliphatic carbocycles. The first kappa shape index (κ1) is 13.5. The summed E-state index contributed by atoms with van der Waals surface area (Å²) in [6.45, 7) is 0. The summed E-state index contributed by atoms with van der Waals surface area (Å²) in [6.07, 6.45) is 0.473. The second-order valence-electron chi connectivity index (χ2n) is 4.14. The molecule has 0 aromatic heterocycles. The molecule has 3 N–H and O–H groups in total. The Balaban J connectivity index is 2.06. The highest BCUT2D eigenvalue weighted by Crippen LogP contribution is 2.24. The van der Waals surface area contributed by atoms with Crippen molar-refractivity contribution in [3.8, 4) is 5.75 Å². The van der Waals surface area contributed by atoms with Gasteiger partial charge in [0.1, 0.15) is 11.8 Å². The first-order chi connectivity index (χ1) is 8.97. The van der Waals surface area contributed by atoms with Gasteiger partial charge < -0.3 is 10.4 Å². The molecule has 0 spiro atoms. The number of carbonyl (C=O) groups excluding carboxylic acids is 3.